The molecule has 0 bridgehead atoms. The van der Waals surface area contributed by atoms with E-state index >= 15 is 0 Å². The maximum atomic E-state index is 13.8. The van der Waals surface area contributed by atoms with Gasteiger partial charge in [0.2, 0.25) is 0 Å². The average molecular weight is 701 g/mol. The van der Waals surface area contributed by atoms with Crippen molar-refractivity contribution >= 4 is 11.8 Å². The predicted octanol–water partition coefficient (Wildman–Crippen LogP) is 10.5. The highest BCUT2D eigenvalue weighted by Crippen LogP contribution is 2.62. The molecule has 3 aliphatic carbocycles. The topological polar surface area (TPSA) is 74.6 Å². The van der Waals surface area contributed by atoms with Crippen LogP contribution in [0.4, 0.5) is 39.5 Å². The maximum Gasteiger partial charge on any atom is 0.460 e. The Morgan fingerprint density at radius 2 is 1.52 bits per heavy atom. The zero-order valence-corrected chi connectivity index (χ0v) is 27.0. The van der Waals surface area contributed by atoms with Crippen LogP contribution >= 0.6 is 0 Å². The first-order valence-electron chi connectivity index (χ1n) is 17.0. The van der Waals surface area contributed by atoms with Crippen molar-refractivity contribution in [1.82, 2.24) is 0 Å². The zero-order chi connectivity index (χ0) is 35.7. The Bertz CT molecular complexity index is 1300. The number of ketones is 1. The minimum absolute atomic E-state index is 0.0340. The van der Waals surface area contributed by atoms with Crippen LogP contribution in [0.25, 0.3) is 0 Å². The lowest BCUT2D eigenvalue weighted by atomic mass is 9.52. The van der Waals surface area contributed by atoms with E-state index in [-0.39, 0.29) is 17.6 Å². The van der Waals surface area contributed by atoms with Gasteiger partial charge in [-0.1, -0.05) is 51.5 Å². The number of unbranched alkanes of at least 4 members (excludes halogenated alkanes) is 5. The van der Waals surface area contributed by atoms with E-state index in [0.29, 0.717) is 48.7 Å². The van der Waals surface area contributed by atoms with Crippen LogP contribution in [0, 0.1) is 29.1 Å². The first kappa shape index (κ1) is 38.3. The number of benzene rings is 1. The number of carbonyl (C=O) groups is 2. The molecule has 4 nitrogen and oxygen atoms in total. The minimum Gasteiger partial charge on any atom is -0.508 e. The highest BCUT2D eigenvalue weighted by molar-refractivity contribution is 5.87. The molecular weight excluding hydrogens is 655 g/mol. The van der Waals surface area contributed by atoms with Crippen LogP contribution in [-0.4, -0.2) is 45.9 Å². The molecule has 0 aliphatic heterocycles. The van der Waals surface area contributed by atoms with Crippen molar-refractivity contribution in [3.63, 3.8) is 0 Å². The van der Waals surface area contributed by atoms with Crippen molar-refractivity contribution in [3.05, 3.63) is 29.3 Å². The Balaban J connectivity index is 1.21. The summed E-state index contributed by atoms with van der Waals surface area (Å²) in [7, 11) is 0. The summed E-state index contributed by atoms with van der Waals surface area (Å²) in [5, 5.41) is 19.5. The van der Waals surface area contributed by atoms with Crippen molar-refractivity contribution in [1.29, 1.82) is 0 Å². The first-order chi connectivity index (χ1) is 22.2. The summed E-state index contributed by atoms with van der Waals surface area (Å²) in [6, 6.07) is 5.65. The monoisotopic (exact) mass is 700 g/mol. The largest absolute Gasteiger partial charge is 0.508 e. The summed E-state index contributed by atoms with van der Waals surface area (Å²) in [5.41, 5.74) is 2.21. The fourth-order valence-corrected chi connectivity index (χ4v) is 8.86. The van der Waals surface area contributed by atoms with Gasteiger partial charge in [-0.2, -0.15) is 39.5 Å². The van der Waals surface area contributed by atoms with Crippen LogP contribution in [0.5, 0.6) is 5.75 Å². The summed E-state index contributed by atoms with van der Waals surface area (Å²) in [5.74, 6) is -19.8. The van der Waals surface area contributed by atoms with Crippen LogP contribution in [0.2, 0.25) is 0 Å². The van der Waals surface area contributed by atoms with Gasteiger partial charge in [0.15, 0.2) is 0 Å². The van der Waals surface area contributed by atoms with Gasteiger partial charge in [-0.25, -0.2) is 0 Å². The lowest BCUT2D eigenvalue weighted by Gasteiger charge is -2.51. The van der Waals surface area contributed by atoms with Crippen LogP contribution in [0.1, 0.15) is 120 Å². The number of carboxylic acids is 1. The number of hydrogen-bond acceptors (Lipinski definition) is 3. The molecule has 272 valence electrons. The highest BCUT2D eigenvalue weighted by Gasteiger charge is 2.81. The summed E-state index contributed by atoms with van der Waals surface area (Å²) in [4.78, 5) is 24.4. The molecule has 0 saturated heterocycles. The number of phenols is 1. The Morgan fingerprint density at radius 1 is 0.896 bits per heavy atom. The number of carbonyl (C=O) groups excluding carboxylic acids is 1. The molecule has 48 heavy (non-hydrogen) atoms. The molecule has 4 rings (SSSR count). The van der Waals surface area contributed by atoms with Gasteiger partial charge in [-0.15, -0.1) is 0 Å². The van der Waals surface area contributed by atoms with E-state index in [4.69, 9.17) is 0 Å². The van der Waals surface area contributed by atoms with E-state index in [1.54, 1.807) is 6.07 Å². The number of halogens is 9. The van der Waals surface area contributed by atoms with Gasteiger partial charge >= 0.3 is 29.9 Å². The Hall–Kier alpha value is -2.47. The smallest absolute Gasteiger partial charge is 0.460 e. The third-order valence-electron chi connectivity index (χ3n) is 11.6. The number of phenolic OH excluding ortho intramolecular Hbond substituents is 1. The lowest BCUT2D eigenvalue weighted by molar-refractivity contribution is -0.396. The Labute approximate surface area is 274 Å². The molecule has 6 atom stereocenters. The number of hydrogen-bond donors (Lipinski definition) is 2. The molecule has 0 radical (unpaired) electrons. The molecule has 4 unspecified atom stereocenters. The van der Waals surface area contributed by atoms with Crippen molar-refractivity contribution in [2.24, 2.45) is 29.1 Å². The van der Waals surface area contributed by atoms with Crippen LogP contribution in [0.15, 0.2) is 18.2 Å². The molecule has 0 amide bonds. The fourth-order valence-electron chi connectivity index (χ4n) is 8.86. The van der Waals surface area contributed by atoms with Gasteiger partial charge in [0.25, 0.3) is 0 Å². The number of carboxylic acid groups (broad SMARTS) is 1. The van der Waals surface area contributed by atoms with Crippen molar-refractivity contribution in [2.45, 2.75) is 140 Å². The second-order valence-electron chi connectivity index (χ2n) is 14.5. The molecule has 2 fully saturated rings. The van der Waals surface area contributed by atoms with Crippen LogP contribution in [-0.2, 0) is 16.0 Å². The molecule has 0 aromatic heterocycles. The predicted molar refractivity (Wildman–Crippen MR) is 159 cm³/mol. The molecule has 1 aromatic rings. The summed E-state index contributed by atoms with van der Waals surface area (Å²) >= 11 is 0. The van der Waals surface area contributed by atoms with E-state index in [9.17, 15) is 59.3 Å². The number of aliphatic carboxylic acids is 1. The normalized spacial score (nSPS) is 26.9. The maximum absolute atomic E-state index is 13.8. The number of rotatable bonds is 16. The van der Waals surface area contributed by atoms with Crippen molar-refractivity contribution < 1.29 is 59.3 Å². The molecule has 1 aromatic carbocycles. The van der Waals surface area contributed by atoms with Gasteiger partial charge in [0.1, 0.15) is 11.5 Å². The fraction of sp³-hybridized carbons (Fsp3) is 0.771. The second kappa shape index (κ2) is 14.4. The van der Waals surface area contributed by atoms with Gasteiger partial charge in [-0.3, -0.25) is 9.59 Å². The number of fused-ring (bicyclic) bond motifs is 5. The molecular formula is C35H45F9O4. The number of aromatic hydroxyl groups is 1. The van der Waals surface area contributed by atoms with Crippen LogP contribution < -0.4 is 0 Å². The molecule has 0 spiro atoms. The second-order valence-corrected chi connectivity index (χ2v) is 14.5. The quantitative estimate of drug-likeness (QED) is 0.133. The van der Waals surface area contributed by atoms with E-state index in [0.717, 1.165) is 57.8 Å². The molecule has 3 aliphatic rings. The lowest BCUT2D eigenvalue weighted by Crippen LogP contribution is -2.60. The van der Waals surface area contributed by atoms with Gasteiger partial charge in [0, 0.05) is 18.3 Å². The van der Waals surface area contributed by atoms with Gasteiger partial charge in [-0.05, 0) is 98.3 Å². The average Bonchev–Trinajstić information content (AvgIpc) is 3.29. The third kappa shape index (κ3) is 7.49. The molecule has 2 N–H and O–H groups in total. The molecule has 0 heterocycles. The SMILES string of the molecule is C[C@]12CCC3c4ccc(O)cc4CC(CCCCCCCC[C@H](CCCC(F)(F)C(F)(F)C(F)(F)C(F)(F)F)C(=O)O)C3C1CCC2=O. The zero-order valence-electron chi connectivity index (χ0n) is 27.0. The van der Waals surface area contributed by atoms with E-state index in [1.165, 1.54) is 11.1 Å². The van der Waals surface area contributed by atoms with Crippen molar-refractivity contribution in [2.75, 3.05) is 0 Å². The summed E-state index contributed by atoms with van der Waals surface area (Å²) in [6.07, 6.45) is -0.607. The van der Waals surface area contributed by atoms with Gasteiger partial charge in [0.05, 0.1) is 5.92 Å². The highest BCUT2D eigenvalue weighted by atomic mass is 19.4. The Kier molecular flexibility index (Phi) is 11.5. The van der Waals surface area contributed by atoms with E-state index < -0.39 is 55.1 Å². The molecule has 2 saturated carbocycles. The standard InChI is InChI=1S/C35H45F9O4/c1-31-18-16-26-25-13-12-24(45)20-23(25)19-22(29(26)27(31)14-15-28(31)46)10-7-5-3-2-4-6-9-21(30(47)48)11-8-17-32(36,37)33(38,39)34(40,41)35(42,43)44/h12-13,20-22,26-27,29,45H,2-11,14-19H2,1H3,(H,47,48)/t21-,22?,26?,27?,29?,31+/m1/s1. The number of alkyl halides is 9. The number of Topliss-reactive ketones (excluding diaryl/α,β-unsaturated/α-hetero) is 1. The first-order valence-corrected chi connectivity index (χ1v) is 17.0. The van der Waals surface area contributed by atoms with Crippen molar-refractivity contribution in [3.8, 4) is 5.75 Å². The Morgan fingerprint density at radius 3 is 2.17 bits per heavy atom. The third-order valence-corrected chi connectivity index (χ3v) is 11.6. The van der Waals surface area contributed by atoms with Gasteiger partial charge < -0.3 is 10.2 Å². The minimum atomic E-state index is -6.95. The van der Waals surface area contributed by atoms with E-state index in [2.05, 4.69) is 6.92 Å². The molecule has 13 heteroatoms. The van der Waals surface area contributed by atoms with E-state index in [1.807, 2.05) is 12.1 Å². The summed E-state index contributed by atoms with van der Waals surface area (Å²) < 4.78 is 118. The van der Waals surface area contributed by atoms with Crippen LogP contribution in [0.3, 0.4) is 0 Å². The summed E-state index contributed by atoms with van der Waals surface area (Å²) in [6.45, 7) is 2.13.